The van der Waals surface area contributed by atoms with E-state index in [0.717, 1.165) is 24.3 Å². The molecular weight excluding hydrogens is 283 g/mol. The van der Waals surface area contributed by atoms with Crippen molar-refractivity contribution < 1.29 is 32.7 Å². The molecule has 0 unspecified atom stereocenters. The van der Waals surface area contributed by atoms with E-state index in [4.69, 9.17) is 5.11 Å². The first-order valence-corrected chi connectivity index (χ1v) is 5.17. The summed E-state index contributed by atoms with van der Waals surface area (Å²) in [5.74, 6) is -2.06. The van der Waals surface area contributed by atoms with E-state index in [0.29, 0.717) is 0 Å². The van der Waals surface area contributed by atoms with Gasteiger partial charge in [-0.05, 0) is 12.1 Å². The molecule has 0 radical (unpaired) electrons. The maximum absolute atomic E-state index is 12.7. The first-order valence-electron chi connectivity index (χ1n) is 5.17. The van der Waals surface area contributed by atoms with Crippen molar-refractivity contribution in [3.63, 3.8) is 0 Å². The van der Waals surface area contributed by atoms with Gasteiger partial charge in [0, 0.05) is 17.7 Å². The predicted octanol–water partition coefficient (Wildman–Crippen LogP) is 2.39. The molecule has 0 saturated carbocycles. The summed E-state index contributed by atoms with van der Waals surface area (Å²) in [6.45, 7) is 0. The largest absolute Gasteiger partial charge is 0.478 e. The Balaban J connectivity index is 2.54. The standard InChI is InChI=1S/C11H6F3NO5/c12-11(13,14)9-7(10(16)17)4-5-3-6(15(18)19)1-2-8(5)20-9/h1-4,9H,(H,16,17)/t9-/m1/s1. The molecule has 0 spiro atoms. The summed E-state index contributed by atoms with van der Waals surface area (Å²) in [7, 11) is 0. The Hall–Kier alpha value is -2.58. The molecule has 0 aliphatic carbocycles. The van der Waals surface area contributed by atoms with Crippen LogP contribution in [0.5, 0.6) is 5.75 Å². The van der Waals surface area contributed by atoms with Crippen LogP contribution in [0.4, 0.5) is 18.9 Å². The first-order chi connectivity index (χ1) is 9.20. The number of hydrogen-bond acceptors (Lipinski definition) is 4. The van der Waals surface area contributed by atoms with Gasteiger partial charge in [-0.2, -0.15) is 13.2 Å². The molecule has 0 saturated heterocycles. The van der Waals surface area contributed by atoms with Gasteiger partial charge in [-0.1, -0.05) is 0 Å². The fourth-order valence-corrected chi connectivity index (χ4v) is 1.72. The van der Waals surface area contributed by atoms with Crippen molar-refractivity contribution in [2.75, 3.05) is 0 Å². The van der Waals surface area contributed by atoms with Crippen molar-refractivity contribution in [2.24, 2.45) is 0 Å². The average Bonchev–Trinajstić information content (AvgIpc) is 2.35. The Bertz CT molecular complexity index is 623. The number of halogens is 3. The van der Waals surface area contributed by atoms with Crippen molar-refractivity contribution >= 4 is 17.7 Å². The van der Waals surface area contributed by atoms with E-state index in [9.17, 15) is 28.1 Å². The van der Waals surface area contributed by atoms with Gasteiger partial charge in [-0.15, -0.1) is 0 Å². The number of nitrogens with zero attached hydrogens (tertiary/aromatic N) is 1. The third-order valence-electron chi connectivity index (χ3n) is 2.59. The predicted molar refractivity (Wildman–Crippen MR) is 59.2 cm³/mol. The maximum atomic E-state index is 12.7. The number of nitro benzene ring substituents is 1. The normalized spacial score (nSPS) is 17.8. The monoisotopic (exact) mass is 289 g/mol. The lowest BCUT2D eigenvalue weighted by molar-refractivity contribution is -0.384. The van der Waals surface area contributed by atoms with Crippen molar-refractivity contribution in [3.8, 4) is 5.75 Å². The first kappa shape index (κ1) is 13.8. The minimum Gasteiger partial charge on any atom is -0.478 e. The minimum absolute atomic E-state index is 0.0860. The molecular formula is C11H6F3NO5. The van der Waals surface area contributed by atoms with Gasteiger partial charge in [0.2, 0.25) is 6.10 Å². The second-order valence-electron chi connectivity index (χ2n) is 3.92. The fraction of sp³-hybridized carbons (Fsp3) is 0.182. The van der Waals surface area contributed by atoms with Gasteiger partial charge in [0.1, 0.15) is 5.75 Å². The number of carboxylic acid groups (broad SMARTS) is 1. The molecule has 0 amide bonds. The van der Waals surface area contributed by atoms with Gasteiger partial charge in [-0.25, -0.2) is 4.79 Å². The molecule has 6 nitrogen and oxygen atoms in total. The lowest BCUT2D eigenvalue weighted by Crippen LogP contribution is -2.40. The number of fused-ring (bicyclic) bond motifs is 1. The van der Waals surface area contributed by atoms with Crippen LogP contribution < -0.4 is 4.74 Å². The van der Waals surface area contributed by atoms with E-state index in [1.54, 1.807) is 0 Å². The molecule has 1 aliphatic heterocycles. The van der Waals surface area contributed by atoms with Crippen LogP contribution in [0.1, 0.15) is 5.56 Å². The zero-order chi connectivity index (χ0) is 15.1. The van der Waals surface area contributed by atoms with Crippen LogP contribution in [-0.2, 0) is 4.79 Å². The number of ether oxygens (including phenoxy) is 1. The van der Waals surface area contributed by atoms with Crippen molar-refractivity contribution in [2.45, 2.75) is 12.3 Å². The highest BCUT2D eigenvalue weighted by Gasteiger charge is 2.48. The van der Waals surface area contributed by atoms with E-state index in [1.165, 1.54) is 0 Å². The highest BCUT2D eigenvalue weighted by atomic mass is 19.4. The Morgan fingerprint density at radius 1 is 1.40 bits per heavy atom. The smallest absolute Gasteiger partial charge is 0.430 e. The van der Waals surface area contributed by atoms with Gasteiger partial charge in [0.05, 0.1) is 10.5 Å². The lowest BCUT2D eigenvalue weighted by atomic mass is 10.0. The molecule has 9 heteroatoms. The van der Waals surface area contributed by atoms with Gasteiger partial charge in [-0.3, -0.25) is 10.1 Å². The number of carboxylic acids is 1. The molecule has 0 fully saturated rings. The highest BCUT2D eigenvalue weighted by Crippen LogP contribution is 2.38. The van der Waals surface area contributed by atoms with Crippen LogP contribution in [0.15, 0.2) is 23.8 Å². The Labute approximate surface area is 109 Å². The molecule has 1 atom stereocenters. The van der Waals surface area contributed by atoms with Crippen molar-refractivity contribution in [1.82, 2.24) is 0 Å². The van der Waals surface area contributed by atoms with Gasteiger partial charge >= 0.3 is 12.1 Å². The summed E-state index contributed by atoms with van der Waals surface area (Å²) in [4.78, 5) is 20.7. The molecule has 2 rings (SSSR count). The average molecular weight is 289 g/mol. The number of aliphatic carboxylic acids is 1. The summed E-state index contributed by atoms with van der Waals surface area (Å²) in [5.41, 5.74) is -1.48. The number of alkyl halides is 3. The highest BCUT2D eigenvalue weighted by molar-refractivity contribution is 5.95. The fourth-order valence-electron chi connectivity index (χ4n) is 1.72. The minimum atomic E-state index is -4.90. The molecule has 1 aromatic carbocycles. The quantitative estimate of drug-likeness (QED) is 0.667. The third-order valence-corrected chi connectivity index (χ3v) is 2.59. The van der Waals surface area contributed by atoms with Crippen LogP contribution in [0.25, 0.3) is 6.08 Å². The molecule has 0 bridgehead atoms. The molecule has 0 aromatic heterocycles. The van der Waals surface area contributed by atoms with Crippen LogP contribution in [0.2, 0.25) is 0 Å². The van der Waals surface area contributed by atoms with Crippen LogP contribution in [-0.4, -0.2) is 28.3 Å². The second kappa shape index (κ2) is 4.51. The number of non-ortho nitro benzene ring substituents is 1. The number of benzene rings is 1. The summed E-state index contributed by atoms with van der Waals surface area (Å²) in [6.07, 6.45) is -6.77. The van der Waals surface area contributed by atoms with Crippen molar-refractivity contribution in [3.05, 3.63) is 39.4 Å². The number of hydrogen-bond donors (Lipinski definition) is 1. The molecule has 1 aliphatic rings. The maximum Gasteiger partial charge on any atom is 0.430 e. The Kier molecular flexibility index (Phi) is 3.12. The van der Waals surface area contributed by atoms with Crippen LogP contribution >= 0.6 is 0 Å². The summed E-state index contributed by atoms with van der Waals surface area (Å²) >= 11 is 0. The van der Waals surface area contributed by atoms with Gasteiger partial charge in [0.25, 0.3) is 5.69 Å². The molecule has 1 heterocycles. The summed E-state index contributed by atoms with van der Waals surface area (Å²) in [5, 5.41) is 19.4. The SMILES string of the molecule is O=C(O)C1=Cc2cc([N+](=O)[O-])ccc2O[C@H]1C(F)(F)F. The Morgan fingerprint density at radius 3 is 2.55 bits per heavy atom. The number of carbonyl (C=O) groups is 1. The van der Waals surface area contributed by atoms with Crippen molar-refractivity contribution in [1.29, 1.82) is 0 Å². The van der Waals surface area contributed by atoms with Crippen LogP contribution in [0.3, 0.4) is 0 Å². The zero-order valence-corrected chi connectivity index (χ0v) is 9.55. The van der Waals surface area contributed by atoms with E-state index in [-0.39, 0.29) is 17.0 Å². The number of rotatable bonds is 2. The topological polar surface area (TPSA) is 89.7 Å². The van der Waals surface area contributed by atoms with Gasteiger partial charge in [0.15, 0.2) is 0 Å². The Morgan fingerprint density at radius 2 is 2.05 bits per heavy atom. The van der Waals surface area contributed by atoms with E-state index in [2.05, 4.69) is 4.74 Å². The summed E-state index contributed by atoms with van der Waals surface area (Å²) in [6, 6.07) is 2.93. The van der Waals surface area contributed by atoms with Gasteiger partial charge < -0.3 is 9.84 Å². The molecule has 1 aromatic rings. The molecule has 106 valence electrons. The molecule has 1 N–H and O–H groups in total. The van der Waals surface area contributed by atoms with E-state index >= 15 is 0 Å². The van der Waals surface area contributed by atoms with E-state index in [1.807, 2.05) is 0 Å². The zero-order valence-electron chi connectivity index (χ0n) is 9.55. The van der Waals surface area contributed by atoms with E-state index < -0.39 is 28.7 Å². The number of nitro groups is 1. The summed E-state index contributed by atoms with van der Waals surface area (Å²) < 4.78 is 42.8. The second-order valence-corrected chi connectivity index (χ2v) is 3.92. The lowest BCUT2D eigenvalue weighted by Gasteiger charge is -2.26. The third kappa shape index (κ3) is 2.42. The van der Waals surface area contributed by atoms with Crippen LogP contribution in [0, 0.1) is 10.1 Å². The molecule has 20 heavy (non-hydrogen) atoms.